The number of aromatic nitrogens is 1. The van der Waals surface area contributed by atoms with Crippen molar-refractivity contribution in [1.29, 1.82) is 0 Å². The van der Waals surface area contributed by atoms with E-state index < -0.39 is 0 Å². The zero-order valence-electron chi connectivity index (χ0n) is 25.2. The molecular weight excluding hydrogens is 486 g/mol. The van der Waals surface area contributed by atoms with Crippen molar-refractivity contribution in [2.75, 3.05) is 0 Å². The van der Waals surface area contributed by atoms with E-state index >= 15 is 0 Å². The molecule has 204 valence electrons. The molecule has 0 spiro atoms. The van der Waals surface area contributed by atoms with Gasteiger partial charge in [-0.25, -0.2) is 4.57 Å². The van der Waals surface area contributed by atoms with Crippen molar-refractivity contribution in [3.63, 3.8) is 0 Å². The van der Waals surface area contributed by atoms with Gasteiger partial charge < -0.3 is 4.74 Å². The molecule has 1 saturated carbocycles. The Balaban J connectivity index is 1.46. The van der Waals surface area contributed by atoms with Crippen LogP contribution in [0.3, 0.4) is 0 Å². The number of aryl methyl sites for hydroxylation is 3. The predicted molar refractivity (Wildman–Crippen MR) is 169 cm³/mol. The van der Waals surface area contributed by atoms with Gasteiger partial charge in [0.15, 0.2) is 6.20 Å². The molecule has 0 amide bonds. The molecular formula is C38H42NO+. The van der Waals surface area contributed by atoms with E-state index in [4.69, 9.17) is 4.74 Å². The van der Waals surface area contributed by atoms with Crippen LogP contribution in [0.25, 0.3) is 43.6 Å². The quantitative estimate of drug-likeness (QED) is 0.164. The van der Waals surface area contributed by atoms with Crippen molar-refractivity contribution in [3.05, 3.63) is 77.0 Å². The monoisotopic (exact) mass is 528 g/mol. The summed E-state index contributed by atoms with van der Waals surface area (Å²) in [6.07, 6.45) is 8.54. The molecule has 0 radical (unpaired) electrons. The van der Waals surface area contributed by atoms with Gasteiger partial charge in [-0.05, 0) is 108 Å². The van der Waals surface area contributed by atoms with Crippen LogP contribution in [-0.4, -0.2) is 0 Å². The highest BCUT2D eigenvalue weighted by Crippen LogP contribution is 2.52. The van der Waals surface area contributed by atoms with Gasteiger partial charge in [0.25, 0.3) is 0 Å². The molecule has 5 aromatic rings. The molecule has 7 rings (SSSR count). The first-order chi connectivity index (χ1) is 19.1. The molecule has 0 saturated heterocycles. The van der Waals surface area contributed by atoms with Crippen LogP contribution in [0.15, 0.2) is 54.7 Å². The molecule has 0 N–H and O–H groups in total. The number of benzene rings is 4. The van der Waals surface area contributed by atoms with Crippen LogP contribution in [0.5, 0.6) is 11.5 Å². The van der Waals surface area contributed by atoms with Crippen molar-refractivity contribution in [1.82, 2.24) is 0 Å². The molecule has 0 unspecified atom stereocenters. The van der Waals surface area contributed by atoms with Gasteiger partial charge in [0.05, 0.1) is 10.9 Å². The zero-order chi connectivity index (χ0) is 27.9. The van der Waals surface area contributed by atoms with Crippen LogP contribution in [-0.2, 0) is 13.5 Å². The van der Waals surface area contributed by atoms with Crippen molar-refractivity contribution < 1.29 is 9.30 Å². The van der Waals surface area contributed by atoms with E-state index in [1.807, 2.05) is 0 Å². The Kier molecular flexibility index (Phi) is 5.79. The number of rotatable bonds is 3. The highest BCUT2D eigenvalue weighted by atomic mass is 16.5. The fraction of sp³-hybridized carbons (Fsp3) is 0.395. The lowest BCUT2D eigenvalue weighted by Crippen LogP contribution is -2.32. The van der Waals surface area contributed by atoms with Gasteiger partial charge in [0, 0.05) is 17.0 Å². The highest BCUT2D eigenvalue weighted by molar-refractivity contribution is 6.16. The van der Waals surface area contributed by atoms with E-state index in [0.29, 0.717) is 17.3 Å². The number of nitrogens with zero attached hydrogens (tertiary/aromatic N) is 1. The first-order valence-electron chi connectivity index (χ1n) is 15.2. The summed E-state index contributed by atoms with van der Waals surface area (Å²) in [5.74, 6) is 3.29. The van der Waals surface area contributed by atoms with Crippen LogP contribution in [0.1, 0.15) is 81.5 Å². The Morgan fingerprint density at radius 2 is 1.65 bits per heavy atom. The molecule has 2 nitrogen and oxygen atoms in total. The van der Waals surface area contributed by atoms with Crippen LogP contribution in [0, 0.1) is 25.2 Å². The minimum Gasteiger partial charge on any atom is -0.455 e. The average Bonchev–Trinajstić information content (AvgIpc) is 2.92. The fourth-order valence-electron chi connectivity index (χ4n) is 7.60. The minimum atomic E-state index is 0.482. The first kappa shape index (κ1) is 25.6. The van der Waals surface area contributed by atoms with Gasteiger partial charge in [-0.2, -0.15) is 0 Å². The van der Waals surface area contributed by atoms with Crippen molar-refractivity contribution in [3.8, 4) is 22.8 Å². The third-order valence-corrected chi connectivity index (χ3v) is 9.96. The maximum absolute atomic E-state index is 6.88. The maximum Gasteiger partial charge on any atom is 0.228 e. The van der Waals surface area contributed by atoms with Crippen molar-refractivity contribution in [2.24, 2.45) is 18.4 Å². The second kappa shape index (κ2) is 9.06. The SMILES string of the molecule is Cc1c2c(c(C)c3cc(CC(C)C)ccc13)-c1c3c(cc4ccc(C5CCC(C)(C)CC5)cc4c3cc[n+]1C)O2. The summed E-state index contributed by atoms with van der Waals surface area (Å²) >= 11 is 0. The zero-order valence-corrected chi connectivity index (χ0v) is 25.2. The molecule has 2 heteroatoms. The van der Waals surface area contributed by atoms with Gasteiger partial charge in [-0.3, -0.25) is 0 Å². The number of fused-ring (bicyclic) bond motifs is 5. The Morgan fingerprint density at radius 3 is 2.40 bits per heavy atom. The van der Waals surface area contributed by atoms with Crippen LogP contribution in [0.2, 0.25) is 0 Å². The lowest BCUT2D eigenvalue weighted by Gasteiger charge is -2.34. The first-order valence-corrected chi connectivity index (χ1v) is 15.2. The normalized spacial score (nSPS) is 16.6. The Bertz CT molecular complexity index is 1830. The second-order valence-corrected chi connectivity index (χ2v) is 13.9. The standard InChI is InChI=1S/C38H42NO/c1-22(2)18-25-8-11-29-24(4)37-34(23(3)31(29)19-25)36-35-30(14-17-39(36)7)32-20-27(9-10-28(32)21-33(35)40-37)26-12-15-38(5,6)16-13-26/h8-11,14,17,19-22,26H,12-13,15-16,18H2,1-7H3/q+1. The summed E-state index contributed by atoms with van der Waals surface area (Å²) in [6, 6.07) is 18.8. The number of hydrogen-bond acceptors (Lipinski definition) is 1. The summed E-state index contributed by atoms with van der Waals surface area (Å²) in [5, 5.41) is 7.80. The second-order valence-electron chi connectivity index (χ2n) is 13.9. The summed E-state index contributed by atoms with van der Waals surface area (Å²) in [7, 11) is 2.19. The number of ether oxygens (including phenoxy) is 1. The van der Waals surface area contributed by atoms with Gasteiger partial charge in [-0.15, -0.1) is 0 Å². The summed E-state index contributed by atoms with van der Waals surface area (Å²) in [6.45, 7) is 14.0. The lowest BCUT2D eigenvalue weighted by atomic mass is 9.71. The minimum absolute atomic E-state index is 0.482. The van der Waals surface area contributed by atoms with Gasteiger partial charge in [0.2, 0.25) is 5.69 Å². The van der Waals surface area contributed by atoms with Crippen LogP contribution < -0.4 is 9.30 Å². The summed E-state index contributed by atoms with van der Waals surface area (Å²) in [5.41, 5.74) is 8.46. The van der Waals surface area contributed by atoms with E-state index in [-0.39, 0.29) is 0 Å². The molecule has 1 aliphatic carbocycles. The van der Waals surface area contributed by atoms with Gasteiger partial charge >= 0.3 is 0 Å². The van der Waals surface area contributed by atoms with Gasteiger partial charge in [0.1, 0.15) is 18.5 Å². The molecule has 1 aliphatic heterocycles. The number of hydrogen-bond donors (Lipinski definition) is 0. The largest absolute Gasteiger partial charge is 0.455 e. The maximum atomic E-state index is 6.88. The molecule has 1 fully saturated rings. The molecule has 2 heterocycles. The van der Waals surface area contributed by atoms with Crippen LogP contribution >= 0.6 is 0 Å². The number of pyridine rings is 1. The van der Waals surface area contributed by atoms with Crippen molar-refractivity contribution >= 4 is 32.3 Å². The van der Waals surface area contributed by atoms with E-state index in [2.05, 4.69) is 108 Å². The topological polar surface area (TPSA) is 13.1 Å². The molecule has 0 atom stereocenters. The average molecular weight is 529 g/mol. The Labute approximate surface area is 239 Å². The van der Waals surface area contributed by atoms with E-state index in [9.17, 15) is 0 Å². The summed E-state index contributed by atoms with van der Waals surface area (Å²) < 4.78 is 9.19. The lowest BCUT2D eigenvalue weighted by molar-refractivity contribution is -0.659. The van der Waals surface area contributed by atoms with Crippen LogP contribution in [0.4, 0.5) is 0 Å². The Morgan fingerprint density at radius 1 is 0.875 bits per heavy atom. The molecule has 40 heavy (non-hydrogen) atoms. The van der Waals surface area contributed by atoms with E-state index in [0.717, 1.165) is 17.9 Å². The third kappa shape index (κ3) is 3.94. The van der Waals surface area contributed by atoms with E-state index in [1.54, 1.807) is 0 Å². The summed E-state index contributed by atoms with van der Waals surface area (Å²) in [4.78, 5) is 0. The third-order valence-electron chi connectivity index (χ3n) is 9.96. The van der Waals surface area contributed by atoms with Crippen molar-refractivity contribution in [2.45, 2.75) is 79.6 Å². The molecule has 4 aromatic carbocycles. The van der Waals surface area contributed by atoms with Gasteiger partial charge in [-0.1, -0.05) is 64.1 Å². The predicted octanol–water partition coefficient (Wildman–Crippen LogP) is 10.2. The molecule has 0 bridgehead atoms. The highest BCUT2D eigenvalue weighted by Gasteiger charge is 2.33. The fourth-order valence-corrected chi connectivity index (χ4v) is 7.60. The van der Waals surface area contributed by atoms with E-state index in [1.165, 1.54) is 91.5 Å². The molecule has 1 aromatic heterocycles. The smallest absolute Gasteiger partial charge is 0.228 e. The Hall–Kier alpha value is -3.39. The molecule has 2 aliphatic rings.